The van der Waals surface area contributed by atoms with Gasteiger partial charge in [-0.25, -0.2) is 63.1 Å². The van der Waals surface area contributed by atoms with Crippen molar-refractivity contribution >= 4 is 82.2 Å². The predicted octanol–water partition coefficient (Wildman–Crippen LogP) is -2.34. The van der Waals surface area contributed by atoms with Crippen molar-refractivity contribution < 1.29 is 98.8 Å². The van der Waals surface area contributed by atoms with E-state index in [9.17, 15) is 52.9 Å². The first-order chi connectivity index (χ1) is 33.1. The van der Waals surface area contributed by atoms with Crippen LogP contribution in [-0.2, 0) is 64.1 Å². The minimum absolute atomic E-state index is 0.0106. The average Bonchev–Trinajstić information content (AvgIpc) is 4.17. The number of rotatable bonds is 16. The van der Waals surface area contributed by atoms with Crippen LogP contribution in [0.4, 0.5) is 17.5 Å². The third kappa shape index (κ3) is 9.32. The maximum Gasteiger partial charge on any atom is 0.473 e. The number of aliphatic hydroxyl groups is 2. The number of nitrogens with two attached hydrogens (primary N) is 3. The molecule has 36 nitrogen and oxygen atoms in total. The molecule has 15 atom stereocenters. The molecule has 0 radical (unpaired) electrons. The molecule has 4 aliphatic rings. The average molecular weight is 1070 g/mol. The number of anilines is 3. The molecule has 0 spiro atoms. The summed E-state index contributed by atoms with van der Waals surface area (Å²) in [6.07, 6.45) is -13.1. The van der Waals surface area contributed by atoms with Gasteiger partial charge in [0.25, 0.3) is 0 Å². The Morgan fingerprint density at radius 2 is 0.929 bits per heavy atom. The lowest BCUT2D eigenvalue weighted by atomic mass is 10.1. The molecule has 378 valence electrons. The minimum atomic E-state index is -5.45. The Morgan fingerprint density at radius 3 is 1.36 bits per heavy atom. The lowest BCUT2D eigenvalue weighted by molar-refractivity contribution is -0.0674. The molecule has 4 fully saturated rings. The van der Waals surface area contributed by atoms with Crippen molar-refractivity contribution in [3.05, 3.63) is 38.0 Å². The number of aromatic nitrogens is 12. The highest BCUT2D eigenvalue weighted by molar-refractivity contribution is 7.48. The lowest BCUT2D eigenvalue weighted by Gasteiger charge is -2.25. The molecule has 0 aliphatic carbocycles. The number of aliphatic hydroxyl groups excluding tert-OH is 2. The number of phosphoric acid groups is 4. The topological polar surface area (TPSA) is 511 Å². The van der Waals surface area contributed by atoms with Crippen molar-refractivity contribution in [2.45, 2.75) is 73.6 Å². The van der Waals surface area contributed by atoms with Crippen LogP contribution in [0.25, 0.3) is 33.5 Å². The maximum absolute atomic E-state index is 13.8. The van der Waals surface area contributed by atoms with E-state index in [-0.39, 0.29) is 50.9 Å². The van der Waals surface area contributed by atoms with Gasteiger partial charge < -0.3 is 66.1 Å². The molecule has 13 N–H and O–H groups in total. The van der Waals surface area contributed by atoms with E-state index in [0.29, 0.717) is 0 Å². The van der Waals surface area contributed by atoms with Crippen LogP contribution >= 0.6 is 31.3 Å². The quantitative estimate of drug-likeness (QED) is 0.0454. The number of phosphoric ester groups is 4. The fourth-order valence-corrected chi connectivity index (χ4v) is 11.4. The second-order valence-electron chi connectivity index (χ2n) is 15.5. The fraction of sp³-hybridized carbons (Fsp3) is 0.500. The number of nitrogen functional groups attached to an aromatic ring is 3. The summed E-state index contributed by atoms with van der Waals surface area (Å²) in [7, 11) is -20.7. The molecule has 3 unspecified atom stereocenters. The monoisotopic (exact) mass is 1070 g/mol. The zero-order chi connectivity index (χ0) is 49.7. The fourth-order valence-electron chi connectivity index (χ4n) is 8.07. The van der Waals surface area contributed by atoms with Crippen molar-refractivity contribution in [3.8, 4) is 0 Å². The Morgan fingerprint density at radius 1 is 0.557 bits per heavy atom. The van der Waals surface area contributed by atoms with Crippen molar-refractivity contribution in [2.24, 2.45) is 0 Å². The predicted molar refractivity (Wildman–Crippen MR) is 222 cm³/mol. The van der Waals surface area contributed by atoms with Gasteiger partial charge in [0.1, 0.15) is 90.5 Å². The van der Waals surface area contributed by atoms with Gasteiger partial charge in [-0.2, -0.15) is 0 Å². The van der Waals surface area contributed by atoms with Crippen LogP contribution in [0.2, 0.25) is 0 Å². The number of fused-ring (bicyclic) bond motifs is 4. The van der Waals surface area contributed by atoms with E-state index in [2.05, 4.69) is 49.4 Å². The van der Waals surface area contributed by atoms with Crippen LogP contribution in [0.5, 0.6) is 0 Å². The SMILES string of the molecule is Nc1ncnc2c1ncn2[C@@H]1O[C@H](COP(=O)(O)O)[C@@H](O)[C@H]1OP(=O)(O)OC[C@H]1O[C@@H](n2cnc3c(N)ncnc32)[C@H](OP(=O)(O)OC[C@H]2O[C@@H](n3cnc4c(N)ncnc43)[C@@H]3OP(=O)(O)O[C@@H]32)[C@@H]1O. The van der Waals surface area contributed by atoms with E-state index in [1.54, 1.807) is 0 Å². The molecule has 70 heavy (non-hydrogen) atoms. The van der Waals surface area contributed by atoms with Gasteiger partial charge in [-0.1, -0.05) is 0 Å². The van der Waals surface area contributed by atoms with Crippen LogP contribution in [0.15, 0.2) is 38.0 Å². The van der Waals surface area contributed by atoms with Gasteiger partial charge >= 0.3 is 31.3 Å². The highest BCUT2D eigenvalue weighted by atomic mass is 31.2. The van der Waals surface area contributed by atoms with Crippen molar-refractivity contribution in [1.29, 1.82) is 0 Å². The van der Waals surface area contributed by atoms with Gasteiger partial charge in [0.05, 0.1) is 38.8 Å². The molecular formula is C30H37N15O21P4. The molecule has 4 saturated heterocycles. The molecular weight excluding hydrogens is 1030 g/mol. The second-order valence-corrected chi connectivity index (χ2v) is 20.9. The third-order valence-electron chi connectivity index (χ3n) is 11.1. The summed E-state index contributed by atoms with van der Waals surface area (Å²) in [4.78, 5) is 87.3. The summed E-state index contributed by atoms with van der Waals surface area (Å²) in [5.74, 6) is -0.168. The smallest absolute Gasteiger partial charge is 0.387 e. The van der Waals surface area contributed by atoms with E-state index in [1.807, 2.05) is 0 Å². The zero-order valence-corrected chi connectivity index (χ0v) is 38.3. The van der Waals surface area contributed by atoms with E-state index in [0.717, 1.165) is 40.8 Å². The molecule has 40 heteroatoms. The lowest BCUT2D eigenvalue weighted by Crippen LogP contribution is -2.37. The first-order valence-corrected chi connectivity index (χ1v) is 25.9. The van der Waals surface area contributed by atoms with Gasteiger partial charge in [0, 0.05) is 0 Å². The highest BCUT2D eigenvalue weighted by Crippen LogP contribution is 2.60. The van der Waals surface area contributed by atoms with Crippen molar-refractivity contribution in [1.82, 2.24) is 58.6 Å². The summed E-state index contributed by atoms with van der Waals surface area (Å²) >= 11 is 0. The molecule has 6 aromatic rings. The third-order valence-corrected chi connectivity index (χ3v) is 14.6. The van der Waals surface area contributed by atoms with Crippen LogP contribution in [-0.4, -0.2) is 168 Å². The number of ether oxygens (including phenoxy) is 3. The zero-order valence-electron chi connectivity index (χ0n) is 34.7. The summed E-state index contributed by atoms with van der Waals surface area (Å²) in [6.45, 7) is -2.87. The largest absolute Gasteiger partial charge is 0.473 e. The van der Waals surface area contributed by atoms with E-state index in [4.69, 9.17) is 58.6 Å². The molecule has 10 heterocycles. The Kier molecular flexibility index (Phi) is 12.6. The van der Waals surface area contributed by atoms with Crippen LogP contribution < -0.4 is 17.2 Å². The Labute approximate surface area is 387 Å². The number of imidazole rings is 3. The van der Waals surface area contributed by atoms with E-state index >= 15 is 0 Å². The van der Waals surface area contributed by atoms with Crippen molar-refractivity contribution in [3.63, 3.8) is 0 Å². The van der Waals surface area contributed by atoms with E-state index < -0.39 is 125 Å². The van der Waals surface area contributed by atoms with Gasteiger partial charge in [0.2, 0.25) is 0 Å². The number of nitrogens with zero attached hydrogens (tertiary/aromatic N) is 12. The highest BCUT2D eigenvalue weighted by Gasteiger charge is 2.59. The van der Waals surface area contributed by atoms with Crippen molar-refractivity contribution in [2.75, 3.05) is 37.0 Å². The molecule has 0 saturated carbocycles. The Balaban J connectivity index is 0.869. The standard InChI is InChI=1S/C30H37N15O21P4/c31-22-13-25(37-4-34-22)43(7-40-13)28-19(16(46)10(60-28)1-57-67(48,49)50)64-68(51,52)58-2-11-17(47)20(29(61-11)44-8-41-14-23(32)35-5-38-26(14)44)65-69(53,54)59-3-12-18-21(66-70(55,56)63-18)30(62-12)45-9-42-15-24(33)36-6-39-27(15)45/h4-12,16-21,28-30,46-47H,1-3H2,(H,51,52)(H,53,54)(H,55,56)(H2,31,34,37)(H2,32,35,38)(H2,33,36,39)(H2,48,49,50)/t10-,11-,12-,16-,17-,18-,19-,20-,21-,28-,29-,30-/m1/s1. The van der Waals surface area contributed by atoms with Crippen LogP contribution in [0, 0.1) is 0 Å². The van der Waals surface area contributed by atoms with Gasteiger partial charge in [-0.15, -0.1) is 0 Å². The molecule has 6 aromatic heterocycles. The molecule has 0 aromatic carbocycles. The summed E-state index contributed by atoms with van der Waals surface area (Å²) in [5.41, 5.74) is 18.1. The minimum Gasteiger partial charge on any atom is -0.387 e. The number of hydrogen-bond acceptors (Lipinski definition) is 28. The normalized spacial score (nSPS) is 33.1. The second kappa shape index (κ2) is 18.1. The number of hydrogen-bond donors (Lipinski definition) is 10. The summed E-state index contributed by atoms with van der Waals surface area (Å²) in [6, 6.07) is 0. The van der Waals surface area contributed by atoms with Gasteiger partial charge in [0.15, 0.2) is 53.1 Å². The molecule has 0 amide bonds. The molecule has 10 rings (SSSR count). The summed E-state index contributed by atoms with van der Waals surface area (Å²) in [5, 5.41) is 22.9. The molecule has 4 aliphatic heterocycles. The first kappa shape index (κ1) is 48.9. The summed E-state index contributed by atoms with van der Waals surface area (Å²) < 4.78 is 109. The van der Waals surface area contributed by atoms with Crippen LogP contribution in [0.1, 0.15) is 18.7 Å². The van der Waals surface area contributed by atoms with Gasteiger partial charge in [-0.05, 0) is 0 Å². The van der Waals surface area contributed by atoms with Gasteiger partial charge in [-0.3, -0.25) is 45.4 Å². The van der Waals surface area contributed by atoms with E-state index in [1.165, 1.54) is 10.9 Å². The maximum atomic E-state index is 13.8. The van der Waals surface area contributed by atoms with Crippen LogP contribution in [0.3, 0.4) is 0 Å². The Bertz CT molecular complexity index is 3160. The molecule has 0 bridgehead atoms. The first-order valence-electron chi connectivity index (χ1n) is 19.9. The Hall–Kier alpha value is -4.71.